The minimum atomic E-state index is 0. The number of rotatable bonds is 0. The largest absolute Gasteiger partial charge is 0.120 e. The van der Waals surface area contributed by atoms with Crippen LogP contribution in [-0.4, -0.2) is 16.3 Å². The van der Waals surface area contributed by atoms with Crippen molar-refractivity contribution >= 4 is 16.3 Å². The third kappa shape index (κ3) is 9.95. The van der Waals surface area contributed by atoms with Crippen LogP contribution >= 0.6 is 0 Å². The molecule has 0 saturated carbocycles. The van der Waals surface area contributed by atoms with Gasteiger partial charge in [-0.3, -0.25) is 0 Å². The smallest absolute Gasteiger partial charge is 0.117 e. The zero-order chi connectivity index (χ0) is 2.71. The second kappa shape index (κ2) is 8.83. The first-order valence-electron chi connectivity index (χ1n) is 1.12. The van der Waals surface area contributed by atoms with Crippen LogP contribution in [0.1, 0.15) is 6.92 Å². The molecular weight excluding hydrogens is 142 g/mol. The van der Waals surface area contributed by atoms with Gasteiger partial charge in [0.1, 0.15) is 16.3 Å². The molecule has 0 fully saturated rings. The van der Waals surface area contributed by atoms with Gasteiger partial charge in [0.15, 0.2) is 0 Å². The number of hydrogen-bond donors (Lipinski definition) is 0. The summed E-state index contributed by atoms with van der Waals surface area (Å²) in [7, 11) is 0. The molecule has 0 aliphatic rings. The average molecular weight is 147 g/mol. The maximum absolute atomic E-state index is 2.58. The second-order valence-corrected chi connectivity index (χ2v) is 1.22. The van der Waals surface area contributed by atoms with Gasteiger partial charge < -0.3 is 0 Å². The van der Waals surface area contributed by atoms with E-state index >= 15 is 0 Å². The third-order valence-electron chi connectivity index (χ3n) is 0. The van der Waals surface area contributed by atoms with E-state index in [2.05, 4.69) is 23.2 Å². The fourth-order valence-corrected chi connectivity index (χ4v) is 0. The topological polar surface area (TPSA) is 0 Å². The Labute approximate surface area is 54.5 Å². The molecule has 0 aromatic heterocycles. The molecule has 0 bridgehead atoms. The SMILES string of the molecule is C[CH2][Al].[Zr]. The van der Waals surface area contributed by atoms with Crippen LogP contribution in [0.25, 0.3) is 0 Å². The first-order valence-corrected chi connectivity index (χ1v) is 1.93. The second-order valence-electron chi connectivity index (χ2n) is 0.408. The van der Waals surface area contributed by atoms with Gasteiger partial charge in [0.25, 0.3) is 0 Å². The summed E-state index contributed by atoms with van der Waals surface area (Å²) in [6.07, 6.45) is 0. The van der Waals surface area contributed by atoms with Crippen molar-refractivity contribution < 1.29 is 26.2 Å². The Bertz CT molecular complexity index is 6.00. The molecule has 0 atom stereocenters. The van der Waals surface area contributed by atoms with E-state index in [9.17, 15) is 0 Å². The molecule has 0 nitrogen and oxygen atoms in total. The van der Waals surface area contributed by atoms with Gasteiger partial charge in [0.2, 0.25) is 0 Å². The maximum Gasteiger partial charge on any atom is 0.117 e. The molecular formula is C2H5AlZr. The van der Waals surface area contributed by atoms with Crippen molar-refractivity contribution in [2.45, 2.75) is 12.2 Å². The van der Waals surface area contributed by atoms with Gasteiger partial charge in [-0.15, -0.1) is 5.28 Å². The van der Waals surface area contributed by atoms with Crippen molar-refractivity contribution in [1.29, 1.82) is 0 Å². The molecule has 0 aliphatic carbocycles. The normalized spacial score (nSPS) is 4.25. The van der Waals surface area contributed by atoms with Gasteiger partial charge in [-0.05, 0) is 0 Å². The van der Waals surface area contributed by atoms with E-state index in [-0.39, 0.29) is 26.2 Å². The summed E-state index contributed by atoms with van der Waals surface area (Å²) in [6, 6.07) is 0. The predicted octanol–water partition coefficient (Wildman–Crippen LogP) is 0.591. The zero-order valence-electron chi connectivity index (χ0n) is 2.78. The summed E-state index contributed by atoms with van der Waals surface area (Å²) >= 11 is 2.58. The van der Waals surface area contributed by atoms with E-state index in [1.165, 1.54) is 5.28 Å². The van der Waals surface area contributed by atoms with Crippen LogP contribution in [-0.2, 0) is 26.2 Å². The summed E-state index contributed by atoms with van der Waals surface area (Å²) < 4.78 is 0. The molecule has 0 spiro atoms. The fraction of sp³-hybridized carbons (Fsp3) is 1.00. The molecule has 2 radical (unpaired) electrons. The maximum atomic E-state index is 2.58. The van der Waals surface area contributed by atoms with Crippen molar-refractivity contribution in [3.8, 4) is 0 Å². The Morgan fingerprint density at radius 2 is 1.75 bits per heavy atom. The molecule has 0 N–H and O–H groups in total. The van der Waals surface area contributed by atoms with Gasteiger partial charge in [0, 0.05) is 26.2 Å². The van der Waals surface area contributed by atoms with Crippen molar-refractivity contribution in [2.24, 2.45) is 0 Å². The van der Waals surface area contributed by atoms with Gasteiger partial charge in [0.05, 0.1) is 0 Å². The van der Waals surface area contributed by atoms with Crippen molar-refractivity contribution in [3.05, 3.63) is 0 Å². The first-order chi connectivity index (χ1) is 1.41. The van der Waals surface area contributed by atoms with Crippen molar-refractivity contribution in [2.75, 3.05) is 0 Å². The molecule has 0 amide bonds. The minimum Gasteiger partial charge on any atom is -0.120 e. The van der Waals surface area contributed by atoms with E-state index in [0.717, 1.165) is 0 Å². The van der Waals surface area contributed by atoms with Crippen LogP contribution < -0.4 is 0 Å². The Morgan fingerprint density at radius 1 is 1.75 bits per heavy atom. The van der Waals surface area contributed by atoms with Crippen LogP contribution in [0.4, 0.5) is 0 Å². The standard InChI is InChI=1S/C2H5.Al.Zr/c1-2;;/h1H2,2H3;;. The summed E-state index contributed by atoms with van der Waals surface area (Å²) in [6.45, 7) is 2.09. The summed E-state index contributed by atoms with van der Waals surface area (Å²) in [5.41, 5.74) is 0. The quantitative estimate of drug-likeness (QED) is 0.440. The fourth-order valence-electron chi connectivity index (χ4n) is 0. The molecule has 0 aliphatic heterocycles. The predicted molar refractivity (Wildman–Crippen MR) is 16.2 cm³/mol. The molecule has 0 saturated heterocycles. The molecule has 4 heavy (non-hydrogen) atoms. The molecule has 0 unspecified atom stereocenters. The average Bonchev–Trinajstić information content (AvgIpc) is 0.918. The van der Waals surface area contributed by atoms with Gasteiger partial charge >= 0.3 is 0 Å². The molecule has 0 aromatic rings. The Hall–Kier alpha value is 1.42. The molecule has 0 rings (SSSR count). The summed E-state index contributed by atoms with van der Waals surface area (Å²) in [5, 5.41) is 1.17. The van der Waals surface area contributed by atoms with E-state index in [4.69, 9.17) is 0 Å². The third-order valence-corrected chi connectivity index (χ3v) is 0. The van der Waals surface area contributed by atoms with Crippen LogP contribution in [0.2, 0.25) is 5.28 Å². The van der Waals surface area contributed by atoms with Crippen LogP contribution in [0, 0.1) is 0 Å². The van der Waals surface area contributed by atoms with Gasteiger partial charge in [-0.1, -0.05) is 6.92 Å². The molecule has 0 heterocycles. The molecule has 0 aromatic carbocycles. The number of hydrogen-bond acceptors (Lipinski definition) is 0. The molecule has 20 valence electrons. The Balaban J connectivity index is 0. The van der Waals surface area contributed by atoms with Gasteiger partial charge in [-0.2, -0.15) is 0 Å². The van der Waals surface area contributed by atoms with Crippen LogP contribution in [0.3, 0.4) is 0 Å². The zero-order valence-corrected chi connectivity index (χ0v) is 6.40. The Kier molecular flexibility index (Phi) is 20.0. The van der Waals surface area contributed by atoms with Gasteiger partial charge in [-0.25, -0.2) is 0 Å². The molecule has 2 heteroatoms. The first kappa shape index (κ1) is 9.05. The Morgan fingerprint density at radius 3 is 1.75 bits per heavy atom. The van der Waals surface area contributed by atoms with Crippen LogP contribution in [0.15, 0.2) is 0 Å². The van der Waals surface area contributed by atoms with Crippen molar-refractivity contribution in [3.63, 3.8) is 0 Å². The summed E-state index contributed by atoms with van der Waals surface area (Å²) in [4.78, 5) is 0. The van der Waals surface area contributed by atoms with Crippen molar-refractivity contribution in [1.82, 2.24) is 0 Å². The van der Waals surface area contributed by atoms with E-state index < -0.39 is 0 Å². The van der Waals surface area contributed by atoms with Crippen LogP contribution in [0.5, 0.6) is 0 Å². The summed E-state index contributed by atoms with van der Waals surface area (Å²) in [5.74, 6) is 0. The van der Waals surface area contributed by atoms with E-state index in [0.29, 0.717) is 0 Å². The minimum absolute atomic E-state index is 0. The monoisotopic (exact) mass is 146 g/mol. The van der Waals surface area contributed by atoms with E-state index in [1.807, 2.05) is 0 Å². The van der Waals surface area contributed by atoms with E-state index in [1.54, 1.807) is 0 Å².